The van der Waals surface area contributed by atoms with Crippen molar-refractivity contribution >= 4 is 6.08 Å². The fourth-order valence-electron chi connectivity index (χ4n) is 1.82. The van der Waals surface area contributed by atoms with Gasteiger partial charge in [0.1, 0.15) is 11.5 Å². The average Bonchev–Trinajstić information content (AvgIpc) is 2.43. The van der Waals surface area contributed by atoms with Crippen molar-refractivity contribution in [2.24, 2.45) is 0 Å². The molecule has 0 heterocycles. The van der Waals surface area contributed by atoms with E-state index >= 15 is 0 Å². The smallest absolute Gasteiger partial charge is 0.115 e. The van der Waals surface area contributed by atoms with Gasteiger partial charge in [0, 0.05) is 5.92 Å². The van der Waals surface area contributed by atoms with Crippen LogP contribution in [-0.2, 0) is 0 Å². The van der Waals surface area contributed by atoms with Crippen LogP contribution in [0.4, 0.5) is 0 Å². The van der Waals surface area contributed by atoms with Crippen LogP contribution in [0.3, 0.4) is 0 Å². The van der Waals surface area contributed by atoms with E-state index in [1.807, 2.05) is 42.5 Å². The van der Waals surface area contributed by atoms with Gasteiger partial charge in [0.25, 0.3) is 0 Å². The molecule has 0 saturated heterocycles. The molecular formula is C17H16O2. The van der Waals surface area contributed by atoms with Crippen LogP contribution in [0, 0.1) is 0 Å². The van der Waals surface area contributed by atoms with E-state index in [9.17, 15) is 10.2 Å². The summed E-state index contributed by atoms with van der Waals surface area (Å²) in [5.41, 5.74) is 2.09. The maximum Gasteiger partial charge on any atom is 0.115 e. The van der Waals surface area contributed by atoms with E-state index < -0.39 is 0 Å². The van der Waals surface area contributed by atoms with Gasteiger partial charge in [-0.25, -0.2) is 0 Å². The van der Waals surface area contributed by atoms with Gasteiger partial charge >= 0.3 is 0 Å². The Labute approximate surface area is 113 Å². The highest BCUT2D eigenvalue weighted by Crippen LogP contribution is 2.22. The molecule has 0 saturated carbocycles. The molecular weight excluding hydrogens is 236 g/mol. The molecule has 2 heteroatoms. The van der Waals surface area contributed by atoms with Gasteiger partial charge in [0.15, 0.2) is 0 Å². The highest BCUT2D eigenvalue weighted by atomic mass is 16.3. The van der Waals surface area contributed by atoms with E-state index in [-0.39, 0.29) is 17.4 Å². The summed E-state index contributed by atoms with van der Waals surface area (Å²) in [6, 6.07) is 14.1. The predicted molar refractivity (Wildman–Crippen MR) is 78.2 cm³/mol. The summed E-state index contributed by atoms with van der Waals surface area (Å²) in [7, 11) is 0. The average molecular weight is 252 g/mol. The zero-order valence-corrected chi connectivity index (χ0v) is 10.5. The van der Waals surface area contributed by atoms with Crippen molar-refractivity contribution in [3.05, 3.63) is 78.4 Å². The molecule has 0 spiro atoms. The number of hydrogen-bond donors (Lipinski definition) is 2. The number of aromatic hydroxyl groups is 2. The molecule has 2 rings (SSSR count). The Morgan fingerprint density at radius 2 is 1.37 bits per heavy atom. The largest absolute Gasteiger partial charge is 0.508 e. The third-order valence-electron chi connectivity index (χ3n) is 2.92. The first-order valence-electron chi connectivity index (χ1n) is 6.08. The molecule has 1 atom stereocenters. The third-order valence-corrected chi connectivity index (χ3v) is 2.92. The highest BCUT2D eigenvalue weighted by Gasteiger charge is 2.03. The zero-order chi connectivity index (χ0) is 13.7. The molecule has 0 aliphatic heterocycles. The summed E-state index contributed by atoms with van der Waals surface area (Å²) in [5.74, 6) is 0.611. The number of rotatable bonds is 4. The van der Waals surface area contributed by atoms with Crippen LogP contribution in [0.15, 0.2) is 67.3 Å². The van der Waals surface area contributed by atoms with Gasteiger partial charge in [-0.15, -0.1) is 6.58 Å². The Hall–Kier alpha value is -2.48. The molecule has 19 heavy (non-hydrogen) atoms. The van der Waals surface area contributed by atoms with Gasteiger partial charge in [0.05, 0.1) is 0 Å². The quantitative estimate of drug-likeness (QED) is 0.805. The van der Waals surface area contributed by atoms with Crippen LogP contribution >= 0.6 is 0 Å². The van der Waals surface area contributed by atoms with Gasteiger partial charge in [-0.2, -0.15) is 0 Å². The number of allylic oxidation sites excluding steroid dienone is 2. The second-order valence-corrected chi connectivity index (χ2v) is 4.30. The lowest BCUT2D eigenvalue weighted by atomic mass is 9.98. The Morgan fingerprint density at radius 3 is 1.89 bits per heavy atom. The molecule has 2 aromatic carbocycles. The monoisotopic (exact) mass is 252 g/mol. The molecule has 0 fully saturated rings. The molecule has 1 unspecified atom stereocenters. The molecule has 2 nitrogen and oxygen atoms in total. The van der Waals surface area contributed by atoms with Crippen molar-refractivity contribution in [2.45, 2.75) is 5.92 Å². The third kappa shape index (κ3) is 3.49. The molecule has 0 aliphatic carbocycles. The van der Waals surface area contributed by atoms with Crippen LogP contribution in [0.1, 0.15) is 17.0 Å². The van der Waals surface area contributed by atoms with Gasteiger partial charge in [-0.1, -0.05) is 42.5 Å². The van der Waals surface area contributed by atoms with E-state index in [1.165, 1.54) is 0 Å². The van der Waals surface area contributed by atoms with Crippen molar-refractivity contribution in [2.75, 3.05) is 0 Å². The Balaban J connectivity index is 2.17. The van der Waals surface area contributed by atoms with Crippen LogP contribution in [0.2, 0.25) is 0 Å². The Morgan fingerprint density at radius 1 is 0.842 bits per heavy atom. The van der Waals surface area contributed by atoms with Crippen molar-refractivity contribution in [1.29, 1.82) is 0 Å². The molecule has 0 radical (unpaired) electrons. The lowest BCUT2D eigenvalue weighted by Crippen LogP contribution is -1.89. The number of hydrogen-bond acceptors (Lipinski definition) is 2. The minimum atomic E-state index is 0.0920. The maximum absolute atomic E-state index is 9.28. The van der Waals surface area contributed by atoms with Crippen molar-refractivity contribution < 1.29 is 10.2 Å². The second-order valence-electron chi connectivity index (χ2n) is 4.30. The van der Waals surface area contributed by atoms with E-state index in [0.29, 0.717) is 0 Å². The number of phenols is 2. The van der Waals surface area contributed by atoms with Crippen molar-refractivity contribution in [3.63, 3.8) is 0 Å². The molecule has 0 amide bonds. The van der Waals surface area contributed by atoms with Gasteiger partial charge < -0.3 is 10.2 Å². The van der Waals surface area contributed by atoms with Crippen LogP contribution in [0.25, 0.3) is 6.08 Å². The molecule has 0 aromatic heterocycles. The molecule has 96 valence electrons. The first-order valence-corrected chi connectivity index (χ1v) is 6.08. The van der Waals surface area contributed by atoms with Crippen molar-refractivity contribution in [1.82, 2.24) is 0 Å². The first-order chi connectivity index (χ1) is 9.19. The normalized spacial score (nSPS) is 12.4. The minimum Gasteiger partial charge on any atom is -0.508 e. The highest BCUT2D eigenvalue weighted by molar-refractivity contribution is 5.52. The maximum atomic E-state index is 9.28. The fraction of sp³-hybridized carbons (Fsp3) is 0.0588. The lowest BCUT2D eigenvalue weighted by Gasteiger charge is -2.08. The van der Waals surface area contributed by atoms with Gasteiger partial charge in [-0.05, 0) is 35.4 Å². The van der Waals surface area contributed by atoms with Gasteiger partial charge in [0.2, 0.25) is 0 Å². The van der Waals surface area contributed by atoms with Crippen LogP contribution in [0.5, 0.6) is 11.5 Å². The summed E-state index contributed by atoms with van der Waals surface area (Å²) < 4.78 is 0. The summed E-state index contributed by atoms with van der Waals surface area (Å²) >= 11 is 0. The lowest BCUT2D eigenvalue weighted by molar-refractivity contribution is 0.474. The summed E-state index contributed by atoms with van der Waals surface area (Å²) in [6.45, 7) is 3.83. The fourth-order valence-corrected chi connectivity index (χ4v) is 1.82. The molecule has 2 aromatic rings. The second kappa shape index (κ2) is 5.91. The van der Waals surface area contributed by atoms with Crippen molar-refractivity contribution in [3.8, 4) is 11.5 Å². The number of phenolic OH excluding ortho intramolecular Hbond substituents is 2. The van der Waals surface area contributed by atoms with E-state index in [4.69, 9.17) is 0 Å². The van der Waals surface area contributed by atoms with E-state index in [0.717, 1.165) is 11.1 Å². The minimum absolute atomic E-state index is 0.0920. The van der Waals surface area contributed by atoms with E-state index in [1.54, 1.807) is 24.3 Å². The Bertz CT molecular complexity index is 565. The molecule has 0 bridgehead atoms. The number of benzene rings is 2. The Kier molecular flexibility index (Phi) is 4.04. The topological polar surface area (TPSA) is 40.5 Å². The summed E-state index contributed by atoms with van der Waals surface area (Å²) in [6.07, 6.45) is 5.87. The standard InChI is InChI=1S/C17H16O2/c1-2-14(15-7-11-17(19)12-8-15)6-3-13-4-9-16(18)10-5-13/h2-12,14,18-19H,1H2/b6-3-. The predicted octanol–water partition coefficient (Wildman–Crippen LogP) is 4.08. The molecule has 0 aliphatic rings. The SMILES string of the molecule is C=CC(/C=C\c1ccc(O)cc1)c1ccc(O)cc1. The van der Waals surface area contributed by atoms with Gasteiger partial charge in [-0.3, -0.25) is 0 Å². The van der Waals surface area contributed by atoms with Crippen LogP contribution < -0.4 is 0 Å². The summed E-state index contributed by atoms with van der Waals surface area (Å²) in [4.78, 5) is 0. The first kappa shape index (κ1) is 13.0. The van der Waals surface area contributed by atoms with Crippen LogP contribution in [-0.4, -0.2) is 10.2 Å². The summed E-state index contributed by atoms with van der Waals surface area (Å²) in [5, 5.41) is 18.5. The molecule has 2 N–H and O–H groups in total. The van der Waals surface area contributed by atoms with E-state index in [2.05, 4.69) is 6.58 Å². The zero-order valence-electron chi connectivity index (χ0n) is 10.5.